The molecule has 3 N–H and O–H groups in total. The van der Waals surface area contributed by atoms with E-state index in [0.717, 1.165) is 28.8 Å². The number of hydrogen-bond donors (Lipinski definition) is 3. The molecule has 7 unspecified atom stereocenters. The SMILES string of the molecule is CCNc1c(C)cccc1N(CC=O)C(=O)OC1C(C)=CC23C(=O)C(C=C(CNC(C)(C)O)C4OC142)C1C(C[C@H]3C)C1(C)C. The van der Waals surface area contributed by atoms with Gasteiger partial charge in [-0.05, 0) is 87.0 Å². The van der Waals surface area contributed by atoms with E-state index in [0.29, 0.717) is 31.0 Å². The number of para-hydroxylation sites is 1. The summed E-state index contributed by atoms with van der Waals surface area (Å²) < 4.78 is 13.1. The molecule has 9 heteroatoms. The number of carbonyl (C=O) groups excluding carboxylic acids is 3. The smallest absolute Gasteiger partial charge is 0.415 e. The Bertz CT molecular complexity index is 1460. The maximum Gasteiger partial charge on any atom is 0.415 e. The fourth-order valence-corrected chi connectivity index (χ4v) is 9.06. The average Bonchev–Trinajstić information content (AvgIpc) is 3.80. The molecule has 1 amide bonds. The number of aryl methyl sites for hydroxylation is 1. The van der Waals surface area contributed by atoms with Crippen molar-refractivity contribution in [1.29, 1.82) is 0 Å². The number of anilines is 2. The van der Waals surface area contributed by atoms with Gasteiger partial charge in [-0.25, -0.2) is 4.79 Å². The summed E-state index contributed by atoms with van der Waals surface area (Å²) in [4.78, 5) is 42.2. The van der Waals surface area contributed by atoms with E-state index in [-0.39, 0.29) is 35.5 Å². The Morgan fingerprint density at radius 1 is 1.27 bits per heavy atom. The number of aliphatic hydroxyl groups is 1. The summed E-state index contributed by atoms with van der Waals surface area (Å²) >= 11 is 0. The Morgan fingerprint density at radius 3 is 2.66 bits per heavy atom. The molecule has 9 nitrogen and oxygen atoms in total. The van der Waals surface area contributed by atoms with Gasteiger partial charge in [-0.2, -0.15) is 0 Å². The molecule has 0 radical (unpaired) electrons. The number of nitrogens with zero attached hydrogens (tertiary/aromatic N) is 1. The number of epoxide rings is 1. The summed E-state index contributed by atoms with van der Waals surface area (Å²) in [5.41, 5.74) is 0.840. The first-order chi connectivity index (χ1) is 20.7. The van der Waals surface area contributed by atoms with Gasteiger partial charge in [0.25, 0.3) is 0 Å². The summed E-state index contributed by atoms with van der Waals surface area (Å²) in [5.74, 6) is 0.456. The summed E-state index contributed by atoms with van der Waals surface area (Å²) in [6, 6.07) is 5.60. The normalized spacial score (nSPS) is 36.0. The van der Waals surface area contributed by atoms with Crippen molar-refractivity contribution in [3.8, 4) is 0 Å². The molecule has 1 aromatic rings. The summed E-state index contributed by atoms with van der Waals surface area (Å²) in [5, 5.41) is 17.0. The Labute approximate surface area is 260 Å². The van der Waals surface area contributed by atoms with Gasteiger partial charge in [0.05, 0.1) is 23.3 Å². The Balaban J connectivity index is 1.41. The first-order valence-electron chi connectivity index (χ1n) is 16.0. The number of hydrogen-bond acceptors (Lipinski definition) is 8. The second kappa shape index (κ2) is 10.3. The molecular weight excluding hydrogens is 558 g/mol. The number of benzene rings is 1. The van der Waals surface area contributed by atoms with E-state index in [2.05, 4.69) is 37.5 Å². The van der Waals surface area contributed by atoms with E-state index in [1.807, 2.05) is 39.0 Å². The Kier molecular flexibility index (Phi) is 7.22. The lowest BCUT2D eigenvalue weighted by atomic mass is 9.61. The zero-order valence-corrected chi connectivity index (χ0v) is 27.2. The van der Waals surface area contributed by atoms with Crippen LogP contribution < -0.4 is 15.5 Å². The van der Waals surface area contributed by atoms with E-state index in [1.165, 1.54) is 4.90 Å². The van der Waals surface area contributed by atoms with Crippen molar-refractivity contribution < 1.29 is 29.0 Å². The van der Waals surface area contributed by atoms with Crippen LogP contribution in [0.1, 0.15) is 60.5 Å². The van der Waals surface area contributed by atoms with Crippen LogP contribution in [0, 0.1) is 41.4 Å². The largest absolute Gasteiger partial charge is 0.438 e. The maximum atomic E-state index is 14.9. The molecule has 8 atom stereocenters. The standard InChI is InChI=1S/C35H47N3O6/c1-9-36-27-19(2)11-10-12-25(27)38(13-14-39)31(41)43-29-20(3)17-34-21(4)15-24-26(32(24,5)6)23(28(34)40)16-22(18-37-33(7,8)42)30-35(29,34)44-30/h10-12,14,16-17,21,23-24,26,29-30,36-37,42H,9,13,15,18H2,1-8H3/t21-,23?,24?,26?,29?,30?,34?,35?/m1/s1. The van der Waals surface area contributed by atoms with Crippen molar-refractivity contribution in [2.75, 3.05) is 29.9 Å². The molecule has 1 heterocycles. The van der Waals surface area contributed by atoms with Crippen LogP contribution in [0.15, 0.2) is 41.5 Å². The van der Waals surface area contributed by atoms with Crippen molar-refractivity contribution >= 4 is 29.5 Å². The zero-order chi connectivity index (χ0) is 32.0. The number of Topliss-reactive ketones (excluding diaryl/α,β-unsaturated/α-hetero) is 1. The highest BCUT2D eigenvalue weighted by molar-refractivity contribution is 5.98. The number of fused-ring (bicyclic) bond motifs is 3. The van der Waals surface area contributed by atoms with Gasteiger partial charge in [0.2, 0.25) is 0 Å². The third-order valence-corrected chi connectivity index (χ3v) is 11.2. The van der Waals surface area contributed by atoms with Crippen LogP contribution in [0.5, 0.6) is 0 Å². The van der Waals surface area contributed by atoms with Crippen LogP contribution in [0.25, 0.3) is 0 Å². The molecule has 238 valence electrons. The number of nitrogens with one attached hydrogen (secondary N) is 2. The molecule has 4 aliphatic carbocycles. The highest BCUT2D eigenvalue weighted by atomic mass is 16.7. The summed E-state index contributed by atoms with van der Waals surface area (Å²) in [6.45, 7) is 16.7. The average molecular weight is 606 g/mol. The molecule has 6 rings (SSSR count). The third kappa shape index (κ3) is 4.33. The van der Waals surface area contributed by atoms with Gasteiger partial charge in [-0.3, -0.25) is 15.0 Å². The van der Waals surface area contributed by atoms with E-state index in [4.69, 9.17) is 9.47 Å². The summed E-state index contributed by atoms with van der Waals surface area (Å²) in [7, 11) is 0. The number of amides is 1. The molecular formula is C35H47N3O6. The quantitative estimate of drug-likeness (QED) is 0.159. The Hall–Kier alpha value is -3.01. The van der Waals surface area contributed by atoms with E-state index >= 15 is 0 Å². The molecule has 1 aliphatic heterocycles. The van der Waals surface area contributed by atoms with Gasteiger partial charge < -0.3 is 24.7 Å². The van der Waals surface area contributed by atoms with Crippen LogP contribution in [0.4, 0.5) is 16.2 Å². The van der Waals surface area contributed by atoms with Crippen molar-refractivity contribution in [3.63, 3.8) is 0 Å². The monoisotopic (exact) mass is 605 g/mol. The second-order valence-corrected chi connectivity index (χ2v) is 14.7. The molecule has 5 aliphatic rings. The first kappa shape index (κ1) is 31.0. The fourth-order valence-electron chi connectivity index (χ4n) is 9.06. The predicted octanol–water partition coefficient (Wildman–Crippen LogP) is 4.78. The van der Waals surface area contributed by atoms with Crippen molar-refractivity contribution in [1.82, 2.24) is 5.32 Å². The minimum Gasteiger partial charge on any atom is -0.438 e. The van der Waals surface area contributed by atoms with E-state index in [1.54, 1.807) is 19.9 Å². The number of carbonyl (C=O) groups is 3. The first-order valence-corrected chi connectivity index (χ1v) is 16.0. The lowest BCUT2D eigenvalue weighted by molar-refractivity contribution is -0.137. The maximum absolute atomic E-state index is 14.9. The number of ketones is 1. The highest BCUT2D eigenvalue weighted by Gasteiger charge is 2.84. The lowest BCUT2D eigenvalue weighted by Crippen LogP contribution is -2.54. The number of ether oxygens (including phenoxy) is 2. The zero-order valence-electron chi connectivity index (χ0n) is 27.2. The molecule has 1 saturated heterocycles. The lowest BCUT2D eigenvalue weighted by Gasteiger charge is -2.40. The second-order valence-electron chi connectivity index (χ2n) is 14.7. The summed E-state index contributed by atoms with van der Waals surface area (Å²) in [6.07, 6.45) is 3.77. The molecule has 0 aromatic heterocycles. The number of aldehydes is 1. The topological polar surface area (TPSA) is 121 Å². The van der Waals surface area contributed by atoms with Crippen LogP contribution in [0.3, 0.4) is 0 Å². The van der Waals surface area contributed by atoms with Crippen molar-refractivity contribution in [2.45, 2.75) is 85.3 Å². The minimum atomic E-state index is -1.12. The van der Waals surface area contributed by atoms with Crippen molar-refractivity contribution in [3.05, 3.63) is 47.1 Å². The third-order valence-electron chi connectivity index (χ3n) is 11.2. The molecule has 44 heavy (non-hydrogen) atoms. The number of allylic oxidation sites excluding steroid dienone is 1. The Morgan fingerprint density at radius 2 is 2.00 bits per heavy atom. The molecule has 2 saturated carbocycles. The molecule has 2 spiro atoms. The van der Waals surface area contributed by atoms with E-state index in [9.17, 15) is 19.5 Å². The van der Waals surface area contributed by atoms with Gasteiger partial charge in [0.15, 0.2) is 17.5 Å². The highest BCUT2D eigenvalue weighted by Crippen LogP contribution is 2.75. The fraction of sp³-hybridized carbons (Fsp3) is 0.629. The van der Waals surface area contributed by atoms with Gasteiger partial charge >= 0.3 is 6.09 Å². The van der Waals surface area contributed by atoms with E-state index < -0.39 is 35.0 Å². The van der Waals surface area contributed by atoms with Gasteiger partial charge in [0, 0.05) is 19.0 Å². The predicted molar refractivity (Wildman–Crippen MR) is 168 cm³/mol. The van der Waals surface area contributed by atoms with Crippen LogP contribution >= 0.6 is 0 Å². The molecule has 2 bridgehead atoms. The number of rotatable bonds is 9. The minimum absolute atomic E-state index is 0.0314. The van der Waals surface area contributed by atoms with Gasteiger partial charge in [-0.1, -0.05) is 45.1 Å². The van der Waals surface area contributed by atoms with Crippen molar-refractivity contribution in [2.24, 2.45) is 34.5 Å². The molecule has 1 aromatic carbocycles. The van der Waals surface area contributed by atoms with Crippen LogP contribution in [0.2, 0.25) is 0 Å². The van der Waals surface area contributed by atoms with Crippen LogP contribution in [-0.2, 0) is 19.1 Å². The molecule has 3 fully saturated rings. The van der Waals surface area contributed by atoms with Gasteiger partial charge in [0.1, 0.15) is 18.1 Å². The van der Waals surface area contributed by atoms with Gasteiger partial charge in [-0.15, -0.1) is 0 Å². The van der Waals surface area contributed by atoms with Crippen LogP contribution in [-0.4, -0.2) is 66.4 Å².